The van der Waals surface area contributed by atoms with Crippen LogP contribution >= 0.6 is 0 Å². The number of aromatic nitrogens is 8. The summed E-state index contributed by atoms with van der Waals surface area (Å²) in [6, 6.07) is 5.05. The Labute approximate surface area is 214 Å². The third kappa shape index (κ3) is 4.02. The first-order chi connectivity index (χ1) is 18.4. The molecule has 6 rings (SSSR count). The summed E-state index contributed by atoms with van der Waals surface area (Å²) >= 11 is 0. The molecule has 0 bridgehead atoms. The zero-order valence-electron chi connectivity index (χ0n) is 20.4. The predicted molar refractivity (Wildman–Crippen MR) is 137 cm³/mol. The molecule has 38 heavy (non-hydrogen) atoms. The molecule has 1 aliphatic heterocycles. The Morgan fingerprint density at radius 3 is 2.55 bits per heavy atom. The van der Waals surface area contributed by atoms with Crippen molar-refractivity contribution in [2.24, 2.45) is 0 Å². The SMILES string of the molecule is CC(O)C(=O)N1CCC(n2c(=O)[nH]c(=O)c3cnc4ccc(-c5cnc(-n6cccn6)nc5)nc4c32)CC1. The third-order valence-electron chi connectivity index (χ3n) is 6.75. The van der Waals surface area contributed by atoms with E-state index in [4.69, 9.17) is 4.98 Å². The van der Waals surface area contributed by atoms with Crippen molar-refractivity contribution in [1.29, 1.82) is 0 Å². The Morgan fingerprint density at radius 1 is 1.11 bits per heavy atom. The van der Waals surface area contributed by atoms with Gasteiger partial charge < -0.3 is 10.0 Å². The van der Waals surface area contributed by atoms with E-state index in [1.807, 2.05) is 0 Å². The number of aliphatic hydroxyl groups is 1. The minimum absolute atomic E-state index is 0.245. The third-order valence-corrected chi connectivity index (χ3v) is 6.75. The van der Waals surface area contributed by atoms with Crippen molar-refractivity contribution >= 4 is 27.8 Å². The molecule has 5 aromatic rings. The van der Waals surface area contributed by atoms with Crippen LogP contribution in [0.4, 0.5) is 0 Å². The molecule has 0 radical (unpaired) electrons. The molecular weight excluding hydrogens is 490 g/mol. The number of aliphatic hydroxyl groups excluding tert-OH is 1. The number of amides is 1. The van der Waals surface area contributed by atoms with Gasteiger partial charge in [-0.1, -0.05) is 0 Å². The number of hydrogen-bond donors (Lipinski definition) is 2. The maximum Gasteiger partial charge on any atom is 0.329 e. The number of hydrogen-bond acceptors (Lipinski definition) is 9. The highest BCUT2D eigenvalue weighted by molar-refractivity contribution is 6.01. The zero-order valence-corrected chi connectivity index (χ0v) is 20.4. The van der Waals surface area contributed by atoms with Crippen LogP contribution in [0.15, 0.2) is 58.8 Å². The minimum atomic E-state index is -1.08. The van der Waals surface area contributed by atoms with Gasteiger partial charge in [0.05, 0.1) is 22.1 Å². The van der Waals surface area contributed by atoms with Crippen LogP contribution in [0.3, 0.4) is 0 Å². The average molecular weight is 514 g/mol. The molecular formula is C25H23N9O4. The van der Waals surface area contributed by atoms with Gasteiger partial charge in [0.1, 0.15) is 11.6 Å². The number of carbonyl (C=O) groups excluding carboxylic acids is 1. The first-order valence-corrected chi connectivity index (χ1v) is 12.1. The summed E-state index contributed by atoms with van der Waals surface area (Å²) in [5, 5.41) is 14.0. The van der Waals surface area contributed by atoms with Crippen molar-refractivity contribution in [2.75, 3.05) is 13.1 Å². The summed E-state index contributed by atoms with van der Waals surface area (Å²) in [5.41, 5.74) is 1.42. The molecule has 1 fully saturated rings. The number of piperidine rings is 1. The van der Waals surface area contributed by atoms with Crippen molar-refractivity contribution in [2.45, 2.75) is 31.9 Å². The number of likely N-dealkylation sites (tertiary alicyclic amines) is 1. The van der Waals surface area contributed by atoms with Crippen LogP contribution in [0.1, 0.15) is 25.8 Å². The number of aromatic amines is 1. The van der Waals surface area contributed by atoms with E-state index in [-0.39, 0.29) is 17.3 Å². The molecule has 13 heteroatoms. The molecule has 5 aromatic heterocycles. The van der Waals surface area contributed by atoms with Crippen molar-refractivity contribution < 1.29 is 9.90 Å². The van der Waals surface area contributed by atoms with E-state index in [0.717, 1.165) is 0 Å². The standard InChI is InChI=1S/C25H23N9O4/c1-14(35)23(37)32-9-5-16(6-10-32)34-21-17(22(36)31-25(34)38)13-26-19-4-3-18(30-20(19)21)15-11-27-24(28-12-15)33-8-2-7-29-33/h2-4,7-8,11-14,16,35H,5-6,9-10H2,1H3,(H,31,36,38). The fraction of sp³-hybridized carbons (Fsp3) is 0.280. The van der Waals surface area contributed by atoms with Gasteiger partial charge in [-0.2, -0.15) is 5.10 Å². The summed E-state index contributed by atoms with van der Waals surface area (Å²) in [5.74, 6) is 0.0660. The van der Waals surface area contributed by atoms with Gasteiger partial charge in [0.2, 0.25) is 5.95 Å². The summed E-state index contributed by atoms with van der Waals surface area (Å²) < 4.78 is 3.10. The van der Waals surface area contributed by atoms with Gasteiger partial charge in [0, 0.05) is 55.7 Å². The topological polar surface area (TPSA) is 165 Å². The van der Waals surface area contributed by atoms with Gasteiger partial charge in [0.15, 0.2) is 0 Å². The maximum absolute atomic E-state index is 13.1. The number of rotatable bonds is 4. The van der Waals surface area contributed by atoms with Crippen LogP contribution in [-0.2, 0) is 4.79 Å². The normalized spacial score (nSPS) is 15.3. The molecule has 0 spiro atoms. The number of nitrogens with zero attached hydrogens (tertiary/aromatic N) is 8. The predicted octanol–water partition coefficient (Wildman–Crippen LogP) is 0.820. The van der Waals surface area contributed by atoms with Crippen molar-refractivity contribution in [3.05, 3.63) is 70.0 Å². The zero-order chi connectivity index (χ0) is 26.4. The summed E-state index contributed by atoms with van der Waals surface area (Å²) in [7, 11) is 0. The summed E-state index contributed by atoms with van der Waals surface area (Å²) in [4.78, 5) is 60.0. The second-order valence-electron chi connectivity index (χ2n) is 9.17. The molecule has 0 aromatic carbocycles. The van der Waals surface area contributed by atoms with Crippen LogP contribution in [0.2, 0.25) is 0 Å². The lowest BCUT2D eigenvalue weighted by Gasteiger charge is -2.34. The van der Waals surface area contributed by atoms with Crippen molar-refractivity contribution in [1.82, 2.24) is 44.2 Å². The number of fused-ring (bicyclic) bond motifs is 3. The fourth-order valence-electron chi connectivity index (χ4n) is 4.87. The van der Waals surface area contributed by atoms with Gasteiger partial charge >= 0.3 is 5.69 Å². The minimum Gasteiger partial charge on any atom is -0.384 e. The van der Waals surface area contributed by atoms with Crippen LogP contribution in [0.25, 0.3) is 39.1 Å². The van der Waals surface area contributed by atoms with E-state index in [2.05, 4.69) is 25.0 Å². The van der Waals surface area contributed by atoms with E-state index in [0.29, 0.717) is 59.7 Å². The summed E-state index contributed by atoms with van der Waals surface area (Å²) in [6.45, 7) is 2.19. The van der Waals surface area contributed by atoms with Gasteiger partial charge in [0.25, 0.3) is 11.5 Å². The van der Waals surface area contributed by atoms with Gasteiger partial charge in [-0.15, -0.1) is 0 Å². The summed E-state index contributed by atoms with van der Waals surface area (Å²) in [6.07, 6.45) is 7.95. The quantitative estimate of drug-likeness (QED) is 0.331. The fourth-order valence-corrected chi connectivity index (χ4v) is 4.87. The van der Waals surface area contributed by atoms with Gasteiger partial charge in [-0.25, -0.2) is 24.4 Å². The van der Waals surface area contributed by atoms with Gasteiger partial charge in [-0.3, -0.25) is 24.1 Å². The molecule has 1 unspecified atom stereocenters. The van der Waals surface area contributed by atoms with E-state index < -0.39 is 17.4 Å². The lowest BCUT2D eigenvalue weighted by atomic mass is 10.0. The Hall–Kier alpha value is -4.78. The molecule has 1 aliphatic rings. The van der Waals surface area contributed by atoms with Crippen LogP contribution in [0, 0.1) is 0 Å². The lowest BCUT2D eigenvalue weighted by molar-refractivity contribution is -0.140. The number of H-pyrrole nitrogens is 1. The maximum atomic E-state index is 13.1. The molecule has 2 N–H and O–H groups in total. The second-order valence-corrected chi connectivity index (χ2v) is 9.17. The van der Waals surface area contributed by atoms with Crippen molar-refractivity contribution in [3.8, 4) is 17.2 Å². The highest BCUT2D eigenvalue weighted by Crippen LogP contribution is 2.28. The smallest absolute Gasteiger partial charge is 0.329 e. The van der Waals surface area contributed by atoms with E-state index in [1.165, 1.54) is 13.1 Å². The van der Waals surface area contributed by atoms with E-state index in [1.54, 1.807) is 57.1 Å². The molecule has 1 saturated heterocycles. The van der Waals surface area contributed by atoms with E-state index in [9.17, 15) is 19.5 Å². The second kappa shape index (κ2) is 9.27. The molecule has 13 nitrogen and oxygen atoms in total. The first kappa shape index (κ1) is 23.6. The van der Waals surface area contributed by atoms with Crippen molar-refractivity contribution in [3.63, 3.8) is 0 Å². The number of pyridine rings is 2. The number of nitrogens with one attached hydrogen (secondary N) is 1. The lowest BCUT2D eigenvalue weighted by Crippen LogP contribution is -2.45. The number of carbonyl (C=O) groups is 1. The Kier molecular flexibility index (Phi) is 5.76. The van der Waals surface area contributed by atoms with Crippen LogP contribution < -0.4 is 11.2 Å². The molecule has 0 aliphatic carbocycles. The highest BCUT2D eigenvalue weighted by Gasteiger charge is 2.28. The van der Waals surface area contributed by atoms with Gasteiger partial charge in [-0.05, 0) is 38.0 Å². The Balaban J connectivity index is 1.45. The van der Waals surface area contributed by atoms with Crippen LogP contribution in [0.5, 0.6) is 0 Å². The molecule has 0 saturated carbocycles. The van der Waals surface area contributed by atoms with E-state index >= 15 is 0 Å². The largest absolute Gasteiger partial charge is 0.384 e. The monoisotopic (exact) mass is 513 g/mol. The highest BCUT2D eigenvalue weighted by atomic mass is 16.3. The Bertz CT molecular complexity index is 1770. The van der Waals surface area contributed by atoms with Crippen LogP contribution in [-0.4, -0.2) is 74.4 Å². The molecule has 192 valence electrons. The molecule has 1 atom stereocenters. The first-order valence-electron chi connectivity index (χ1n) is 12.1. The Morgan fingerprint density at radius 2 is 1.87 bits per heavy atom. The molecule has 6 heterocycles. The average Bonchev–Trinajstić information content (AvgIpc) is 3.48. The molecule has 1 amide bonds.